The van der Waals surface area contributed by atoms with E-state index in [0.717, 1.165) is 0 Å². The van der Waals surface area contributed by atoms with E-state index in [0.29, 0.717) is 10.6 Å². The van der Waals surface area contributed by atoms with Crippen LogP contribution in [0.2, 0.25) is 15.3 Å². The zero-order chi connectivity index (χ0) is 11.7. The lowest BCUT2D eigenvalue weighted by Gasteiger charge is -2.02. The summed E-state index contributed by atoms with van der Waals surface area (Å²) in [4.78, 5) is 11.9. The Bertz CT molecular complexity index is 546. The van der Waals surface area contributed by atoms with Gasteiger partial charge in [-0.3, -0.25) is 4.79 Å². The van der Waals surface area contributed by atoms with Gasteiger partial charge in [-0.1, -0.05) is 29.3 Å². The van der Waals surface area contributed by atoms with Gasteiger partial charge >= 0.3 is 0 Å². The molecule has 0 aliphatic heterocycles. The zero-order valence-electron chi connectivity index (χ0n) is 7.84. The molecule has 2 aromatic rings. The summed E-state index contributed by atoms with van der Waals surface area (Å²) >= 11 is 17.3. The van der Waals surface area contributed by atoms with Crippen LogP contribution in [-0.4, -0.2) is 5.78 Å². The SMILES string of the molecule is O=C(c1ccc(Cl)o1)c1cccc(Cl)c1Cl. The summed E-state index contributed by atoms with van der Waals surface area (Å²) in [6, 6.07) is 7.81. The molecule has 0 atom stereocenters. The summed E-state index contributed by atoms with van der Waals surface area (Å²) in [5, 5.41) is 0.688. The maximum atomic E-state index is 11.9. The summed E-state index contributed by atoms with van der Waals surface area (Å²) < 4.78 is 5.01. The predicted octanol–water partition coefficient (Wildman–Crippen LogP) is 4.47. The van der Waals surface area contributed by atoms with Gasteiger partial charge in [0.25, 0.3) is 0 Å². The second-order valence-corrected chi connectivity index (χ2v) is 4.19. The Kier molecular flexibility index (Phi) is 3.24. The Morgan fingerprint density at radius 2 is 1.81 bits per heavy atom. The first-order valence-electron chi connectivity index (χ1n) is 4.33. The normalized spacial score (nSPS) is 10.4. The molecule has 1 aromatic carbocycles. The molecule has 82 valence electrons. The average molecular weight is 276 g/mol. The first-order valence-corrected chi connectivity index (χ1v) is 5.47. The molecule has 0 radical (unpaired) electrons. The molecule has 0 saturated heterocycles. The van der Waals surface area contributed by atoms with Gasteiger partial charge in [0.05, 0.1) is 10.0 Å². The number of hydrogen-bond donors (Lipinski definition) is 0. The third kappa shape index (κ3) is 2.09. The summed E-state index contributed by atoms with van der Waals surface area (Å²) in [7, 11) is 0. The smallest absolute Gasteiger partial charge is 0.229 e. The van der Waals surface area contributed by atoms with E-state index < -0.39 is 0 Å². The van der Waals surface area contributed by atoms with E-state index in [2.05, 4.69) is 0 Å². The number of halogens is 3. The van der Waals surface area contributed by atoms with E-state index in [9.17, 15) is 4.79 Å². The quantitative estimate of drug-likeness (QED) is 0.757. The lowest BCUT2D eigenvalue weighted by atomic mass is 10.1. The molecule has 0 spiro atoms. The van der Waals surface area contributed by atoms with Crippen molar-refractivity contribution in [1.82, 2.24) is 0 Å². The minimum Gasteiger partial charge on any atom is -0.441 e. The Labute approximate surface area is 107 Å². The molecule has 0 aliphatic rings. The van der Waals surface area contributed by atoms with Crippen molar-refractivity contribution in [2.24, 2.45) is 0 Å². The maximum absolute atomic E-state index is 11.9. The van der Waals surface area contributed by atoms with Gasteiger partial charge in [0.1, 0.15) is 0 Å². The Morgan fingerprint density at radius 1 is 1.06 bits per heavy atom. The number of benzene rings is 1. The van der Waals surface area contributed by atoms with Crippen LogP contribution in [-0.2, 0) is 0 Å². The first-order chi connectivity index (χ1) is 7.59. The number of furan rings is 1. The van der Waals surface area contributed by atoms with E-state index in [4.69, 9.17) is 39.2 Å². The molecule has 5 heteroatoms. The molecule has 0 amide bonds. The van der Waals surface area contributed by atoms with Crippen LogP contribution in [0.3, 0.4) is 0 Å². The molecule has 0 unspecified atom stereocenters. The molecule has 2 nitrogen and oxygen atoms in total. The molecule has 1 aromatic heterocycles. The fourth-order valence-corrected chi connectivity index (χ4v) is 1.78. The average Bonchev–Trinajstić information content (AvgIpc) is 2.68. The third-order valence-electron chi connectivity index (χ3n) is 1.99. The van der Waals surface area contributed by atoms with Crippen molar-refractivity contribution in [3.8, 4) is 0 Å². The van der Waals surface area contributed by atoms with E-state index in [1.807, 2.05) is 0 Å². The Balaban J connectivity index is 2.45. The Morgan fingerprint density at radius 3 is 2.44 bits per heavy atom. The monoisotopic (exact) mass is 274 g/mol. The third-order valence-corrected chi connectivity index (χ3v) is 3.02. The molecule has 0 N–H and O–H groups in total. The van der Waals surface area contributed by atoms with Crippen molar-refractivity contribution >= 4 is 40.6 Å². The van der Waals surface area contributed by atoms with Crippen LogP contribution < -0.4 is 0 Å². The molecular formula is C11H5Cl3O2. The number of ketones is 1. The van der Waals surface area contributed by atoms with Crippen molar-refractivity contribution in [3.05, 3.63) is 56.9 Å². The zero-order valence-corrected chi connectivity index (χ0v) is 10.1. The van der Waals surface area contributed by atoms with Crippen molar-refractivity contribution in [3.63, 3.8) is 0 Å². The van der Waals surface area contributed by atoms with Crippen LogP contribution in [0.5, 0.6) is 0 Å². The summed E-state index contributed by atoms with van der Waals surface area (Å²) in [6.07, 6.45) is 0. The second kappa shape index (κ2) is 4.50. The minimum absolute atomic E-state index is 0.133. The molecule has 2 rings (SSSR count). The maximum Gasteiger partial charge on any atom is 0.229 e. The van der Waals surface area contributed by atoms with Crippen LogP contribution in [0, 0.1) is 0 Å². The van der Waals surface area contributed by atoms with E-state index >= 15 is 0 Å². The number of carbonyl (C=O) groups excluding carboxylic acids is 1. The minimum atomic E-state index is -0.348. The molecule has 0 bridgehead atoms. The van der Waals surface area contributed by atoms with Crippen molar-refractivity contribution < 1.29 is 9.21 Å². The van der Waals surface area contributed by atoms with Gasteiger partial charge in [-0.15, -0.1) is 0 Å². The highest BCUT2D eigenvalue weighted by Gasteiger charge is 2.17. The van der Waals surface area contributed by atoms with Crippen molar-refractivity contribution in [1.29, 1.82) is 0 Å². The van der Waals surface area contributed by atoms with Crippen LogP contribution in [0.25, 0.3) is 0 Å². The Hall–Kier alpha value is -0.960. The first kappa shape index (κ1) is 11.5. The van der Waals surface area contributed by atoms with Gasteiger partial charge in [-0.05, 0) is 35.9 Å². The van der Waals surface area contributed by atoms with Crippen molar-refractivity contribution in [2.45, 2.75) is 0 Å². The second-order valence-electron chi connectivity index (χ2n) is 3.03. The van der Waals surface area contributed by atoms with Crippen LogP contribution in [0.4, 0.5) is 0 Å². The van der Waals surface area contributed by atoms with E-state index in [-0.39, 0.29) is 21.8 Å². The highest BCUT2D eigenvalue weighted by Crippen LogP contribution is 2.28. The number of carbonyl (C=O) groups is 1. The van der Waals surface area contributed by atoms with Gasteiger partial charge in [0, 0.05) is 5.56 Å². The van der Waals surface area contributed by atoms with E-state index in [1.165, 1.54) is 12.1 Å². The largest absolute Gasteiger partial charge is 0.441 e. The summed E-state index contributed by atoms with van der Waals surface area (Å²) in [5.41, 5.74) is 0.292. The number of rotatable bonds is 2. The number of hydrogen-bond acceptors (Lipinski definition) is 2. The van der Waals surface area contributed by atoms with Gasteiger partial charge in [0.15, 0.2) is 11.0 Å². The topological polar surface area (TPSA) is 30.2 Å². The van der Waals surface area contributed by atoms with Gasteiger partial charge in [0.2, 0.25) is 5.78 Å². The molecule has 0 saturated carbocycles. The lowest BCUT2D eigenvalue weighted by Crippen LogP contribution is -2.00. The molecular weight excluding hydrogens is 270 g/mol. The van der Waals surface area contributed by atoms with Gasteiger partial charge in [-0.25, -0.2) is 0 Å². The predicted molar refractivity (Wildman–Crippen MR) is 63.6 cm³/mol. The van der Waals surface area contributed by atoms with Crippen LogP contribution >= 0.6 is 34.8 Å². The van der Waals surface area contributed by atoms with Gasteiger partial charge < -0.3 is 4.42 Å². The fourth-order valence-electron chi connectivity index (χ4n) is 1.25. The van der Waals surface area contributed by atoms with Gasteiger partial charge in [-0.2, -0.15) is 0 Å². The molecule has 1 heterocycles. The van der Waals surface area contributed by atoms with Crippen LogP contribution in [0.15, 0.2) is 34.7 Å². The standard InChI is InChI=1S/C11H5Cl3O2/c12-7-3-1-2-6(10(7)14)11(15)8-4-5-9(13)16-8/h1-5H. The fraction of sp³-hybridized carbons (Fsp3) is 0. The summed E-state index contributed by atoms with van der Waals surface area (Å²) in [5.74, 6) is -0.214. The highest BCUT2D eigenvalue weighted by molar-refractivity contribution is 6.44. The molecule has 0 aliphatic carbocycles. The molecule has 0 fully saturated rings. The lowest BCUT2D eigenvalue weighted by molar-refractivity contribution is 0.101. The van der Waals surface area contributed by atoms with E-state index in [1.54, 1.807) is 18.2 Å². The van der Waals surface area contributed by atoms with Crippen LogP contribution in [0.1, 0.15) is 16.1 Å². The van der Waals surface area contributed by atoms with Crippen molar-refractivity contribution in [2.75, 3.05) is 0 Å². The molecule has 16 heavy (non-hydrogen) atoms. The highest BCUT2D eigenvalue weighted by atomic mass is 35.5. The summed E-state index contributed by atoms with van der Waals surface area (Å²) in [6.45, 7) is 0.